The summed E-state index contributed by atoms with van der Waals surface area (Å²) in [6.07, 6.45) is 0. The Balaban J connectivity index is 2.57. The Labute approximate surface area is 176 Å². The quantitative estimate of drug-likeness (QED) is 0.396. The van der Waals surface area contributed by atoms with Crippen LogP contribution in [0.1, 0.15) is 72.6 Å². The smallest absolute Gasteiger partial charge is 0.336 e. The first-order valence-electron chi connectivity index (χ1n) is 9.02. The number of amides is 1. The number of anilines is 2. The molecule has 5 N–H and O–H groups in total. The second-order valence-corrected chi connectivity index (χ2v) is 6.97. The molecule has 1 amide bonds. The summed E-state index contributed by atoms with van der Waals surface area (Å²) in [5, 5.41) is 33.4. The molecule has 2 aromatic rings. The number of carbonyl (C=O) groups is 5. The van der Waals surface area contributed by atoms with Crippen molar-refractivity contribution in [2.45, 2.75) is 26.8 Å². The molecule has 0 radical (unpaired) electrons. The first-order valence-corrected chi connectivity index (χ1v) is 9.02. The minimum Gasteiger partial charge on any atom is -0.478 e. The van der Waals surface area contributed by atoms with E-state index in [1.807, 2.05) is 13.8 Å². The minimum atomic E-state index is -1.57. The average molecular weight is 428 g/mol. The molecule has 0 aliphatic carbocycles. The molecule has 0 aromatic heterocycles. The number of Topliss-reactive ketones (excluding diaryl/α,β-unsaturated/α-hetero) is 1. The highest BCUT2D eigenvalue weighted by Crippen LogP contribution is 2.23. The highest BCUT2D eigenvalue weighted by Gasteiger charge is 2.24. The number of hydrogen-bond donors (Lipinski definition) is 5. The fourth-order valence-electron chi connectivity index (χ4n) is 2.87. The van der Waals surface area contributed by atoms with Crippen molar-refractivity contribution in [3.8, 4) is 0 Å². The molecule has 0 bridgehead atoms. The first kappa shape index (κ1) is 23.1. The van der Waals surface area contributed by atoms with Crippen LogP contribution in [-0.2, 0) is 0 Å². The molecular weight excluding hydrogens is 408 g/mol. The molecule has 0 aliphatic rings. The fourth-order valence-corrected chi connectivity index (χ4v) is 2.87. The van der Waals surface area contributed by atoms with Gasteiger partial charge in [-0.1, -0.05) is 0 Å². The summed E-state index contributed by atoms with van der Waals surface area (Å²) in [7, 11) is 0. The van der Waals surface area contributed by atoms with E-state index in [9.17, 15) is 39.3 Å². The van der Waals surface area contributed by atoms with Gasteiger partial charge in [0.15, 0.2) is 5.78 Å². The van der Waals surface area contributed by atoms with Crippen molar-refractivity contribution in [1.82, 2.24) is 0 Å². The van der Waals surface area contributed by atoms with Gasteiger partial charge >= 0.3 is 17.9 Å². The normalized spacial score (nSPS) is 10.5. The van der Waals surface area contributed by atoms with E-state index in [-0.39, 0.29) is 22.9 Å². The summed E-state index contributed by atoms with van der Waals surface area (Å²) in [4.78, 5) is 59.0. The lowest BCUT2D eigenvalue weighted by Gasteiger charge is -2.15. The minimum absolute atomic E-state index is 0.0344. The van der Waals surface area contributed by atoms with Crippen LogP contribution in [0.4, 0.5) is 11.4 Å². The first-order chi connectivity index (χ1) is 14.4. The maximum atomic E-state index is 12.8. The fraction of sp³-hybridized carbons (Fsp3) is 0.190. The zero-order chi connectivity index (χ0) is 23.5. The molecule has 2 rings (SSSR count). The van der Waals surface area contributed by atoms with Crippen LogP contribution in [0.25, 0.3) is 0 Å². The summed E-state index contributed by atoms with van der Waals surface area (Å²) in [6.45, 7) is 4.75. The van der Waals surface area contributed by atoms with Crippen molar-refractivity contribution >= 4 is 41.0 Å². The lowest BCUT2D eigenvalue weighted by molar-refractivity contribution is 0.0680. The number of rotatable bonds is 8. The van der Waals surface area contributed by atoms with Crippen LogP contribution < -0.4 is 10.6 Å². The molecule has 10 nitrogen and oxygen atoms in total. The monoisotopic (exact) mass is 428 g/mol. The Bertz CT molecular complexity index is 1100. The third kappa shape index (κ3) is 5.44. The number of carboxylic acids is 3. The Morgan fingerprint density at radius 1 is 0.710 bits per heavy atom. The Morgan fingerprint density at radius 3 is 1.71 bits per heavy atom. The SMILES string of the molecule is CC(=O)c1cc(C(=O)Nc2cc(NC(C)C)cc(C(=O)O)c2)c(C(=O)O)cc1C(=O)O. The molecular formula is C21H20N2O8. The number of carboxylic acid groups (broad SMARTS) is 3. The van der Waals surface area contributed by atoms with E-state index >= 15 is 0 Å². The lowest BCUT2D eigenvalue weighted by atomic mass is 9.95. The van der Waals surface area contributed by atoms with Gasteiger partial charge in [-0.2, -0.15) is 0 Å². The van der Waals surface area contributed by atoms with E-state index in [0.717, 1.165) is 19.1 Å². The molecule has 0 saturated heterocycles. The third-order valence-corrected chi connectivity index (χ3v) is 4.14. The predicted molar refractivity (Wildman–Crippen MR) is 110 cm³/mol. The van der Waals surface area contributed by atoms with Gasteiger partial charge in [-0.15, -0.1) is 0 Å². The van der Waals surface area contributed by atoms with Crippen molar-refractivity contribution in [3.63, 3.8) is 0 Å². The molecule has 0 fully saturated rings. The van der Waals surface area contributed by atoms with Gasteiger partial charge in [-0.3, -0.25) is 9.59 Å². The number of carbonyl (C=O) groups excluding carboxylic acids is 2. The summed E-state index contributed by atoms with van der Waals surface area (Å²) in [5.74, 6) is -5.93. The van der Waals surface area contributed by atoms with Crippen molar-refractivity contribution in [3.05, 3.63) is 58.1 Å². The molecule has 162 valence electrons. The van der Waals surface area contributed by atoms with Crippen LogP contribution in [0.5, 0.6) is 0 Å². The summed E-state index contributed by atoms with van der Waals surface area (Å²) in [6, 6.07) is 5.63. The van der Waals surface area contributed by atoms with Gasteiger partial charge in [0, 0.05) is 23.0 Å². The molecule has 0 saturated carbocycles. The third-order valence-electron chi connectivity index (χ3n) is 4.14. The molecule has 31 heavy (non-hydrogen) atoms. The van der Waals surface area contributed by atoms with Crippen molar-refractivity contribution in [1.29, 1.82) is 0 Å². The number of nitrogens with one attached hydrogen (secondary N) is 2. The highest BCUT2D eigenvalue weighted by molar-refractivity contribution is 6.15. The van der Waals surface area contributed by atoms with Crippen LogP contribution in [0.15, 0.2) is 30.3 Å². The second kappa shape index (κ2) is 9.08. The van der Waals surface area contributed by atoms with E-state index in [4.69, 9.17) is 0 Å². The number of hydrogen-bond acceptors (Lipinski definition) is 6. The number of benzene rings is 2. The van der Waals surface area contributed by atoms with Crippen LogP contribution in [0.3, 0.4) is 0 Å². The van der Waals surface area contributed by atoms with Crippen LogP contribution in [0.2, 0.25) is 0 Å². The summed E-state index contributed by atoms with van der Waals surface area (Å²) < 4.78 is 0. The van der Waals surface area contributed by atoms with Gasteiger partial charge in [-0.25, -0.2) is 14.4 Å². The van der Waals surface area contributed by atoms with E-state index in [2.05, 4.69) is 10.6 Å². The molecule has 10 heteroatoms. The highest BCUT2D eigenvalue weighted by atomic mass is 16.4. The zero-order valence-electron chi connectivity index (χ0n) is 16.8. The predicted octanol–water partition coefficient (Wildman–Crippen LogP) is 3.06. The Morgan fingerprint density at radius 2 is 1.23 bits per heavy atom. The van der Waals surface area contributed by atoms with E-state index < -0.39 is 46.3 Å². The van der Waals surface area contributed by atoms with Gasteiger partial charge in [0.25, 0.3) is 5.91 Å². The van der Waals surface area contributed by atoms with Crippen LogP contribution in [-0.4, -0.2) is 51.0 Å². The molecule has 0 heterocycles. The maximum Gasteiger partial charge on any atom is 0.336 e. The Kier molecular flexibility index (Phi) is 6.75. The van der Waals surface area contributed by atoms with Crippen molar-refractivity contribution in [2.24, 2.45) is 0 Å². The molecule has 2 aromatic carbocycles. The maximum absolute atomic E-state index is 12.8. The van der Waals surface area contributed by atoms with Gasteiger partial charge < -0.3 is 26.0 Å². The number of aromatic carboxylic acids is 3. The van der Waals surface area contributed by atoms with Crippen LogP contribution >= 0.6 is 0 Å². The standard InChI is InChI=1S/C21H20N2O8/c1-9(2)22-12-4-11(19(26)27)5-13(6-12)23-18(25)15-7-14(10(3)24)16(20(28)29)8-17(15)21(30)31/h4-9,22H,1-3H3,(H,23,25)(H,26,27)(H,28,29)(H,30,31). The lowest BCUT2D eigenvalue weighted by Crippen LogP contribution is -2.20. The average Bonchev–Trinajstić information content (AvgIpc) is 2.65. The van der Waals surface area contributed by atoms with Gasteiger partial charge in [0.1, 0.15) is 0 Å². The molecule has 0 atom stereocenters. The van der Waals surface area contributed by atoms with E-state index in [1.54, 1.807) is 0 Å². The molecule has 0 unspecified atom stereocenters. The summed E-state index contributed by atoms with van der Waals surface area (Å²) in [5.41, 5.74) is -1.58. The van der Waals surface area contributed by atoms with Crippen LogP contribution in [0, 0.1) is 0 Å². The van der Waals surface area contributed by atoms with Gasteiger partial charge in [0.2, 0.25) is 0 Å². The van der Waals surface area contributed by atoms with Gasteiger partial charge in [0.05, 0.1) is 22.3 Å². The second-order valence-electron chi connectivity index (χ2n) is 6.97. The topological polar surface area (TPSA) is 170 Å². The zero-order valence-corrected chi connectivity index (χ0v) is 16.8. The Hall–Kier alpha value is -4.21. The van der Waals surface area contributed by atoms with Gasteiger partial charge in [-0.05, 0) is 51.1 Å². The van der Waals surface area contributed by atoms with E-state index in [0.29, 0.717) is 5.69 Å². The molecule has 0 spiro atoms. The van der Waals surface area contributed by atoms with E-state index in [1.165, 1.54) is 18.2 Å². The van der Waals surface area contributed by atoms with Crippen molar-refractivity contribution < 1.29 is 39.3 Å². The summed E-state index contributed by atoms with van der Waals surface area (Å²) >= 11 is 0. The largest absolute Gasteiger partial charge is 0.478 e. The van der Waals surface area contributed by atoms with Crippen molar-refractivity contribution in [2.75, 3.05) is 10.6 Å². The number of ketones is 1. The molecule has 0 aliphatic heterocycles.